The summed E-state index contributed by atoms with van der Waals surface area (Å²) in [5, 5.41) is 1.26. The van der Waals surface area contributed by atoms with Gasteiger partial charge in [-0.15, -0.1) is 0 Å². The number of hydrogen-bond acceptors (Lipinski definition) is 7. The van der Waals surface area contributed by atoms with Crippen molar-refractivity contribution in [2.24, 2.45) is 5.41 Å². The maximum absolute atomic E-state index is 14.0. The molecule has 5 rings (SSSR count). The summed E-state index contributed by atoms with van der Waals surface area (Å²) in [5.41, 5.74) is 1.42. The lowest BCUT2D eigenvalue weighted by Crippen LogP contribution is -2.55. The lowest BCUT2D eigenvalue weighted by molar-refractivity contribution is -0.0118. The maximum atomic E-state index is 14.0. The normalized spacial score (nSPS) is 18.2. The predicted molar refractivity (Wildman–Crippen MR) is 183 cm³/mol. The number of piperidine rings is 1. The van der Waals surface area contributed by atoms with Crippen LogP contribution in [0.25, 0.3) is 16.7 Å². The highest BCUT2D eigenvalue weighted by Crippen LogP contribution is 2.36. The number of rotatable bonds is 6. The topological polar surface area (TPSA) is 83.8 Å². The Balaban J connectivity index is 1.55. The van der Waals surface area contributed by atoms with Gasteiger partial charge in [0.1, 0.15) is 17.2 Å². The average Bonchev–Trinajstić information content (AvgIpc) is 2.95. The number of carbonyl (C=O) groups excluding carboxylic acids is 1. The van der Waals surface area contributed by atoms with Gasteiger partial charge in [-0.05, 0) is 75.5 Å². The summed E-state index contributed by atoms with van der Waals surface area (Å²) in [5.74, 6) is 1.44. The van der Waals surface area contributed by atoms with Crippen molar-refractivity contribution in [1.29, 1.82) is 0 Å². The van der Waals surface area contributed by atoms with Crippen LogP contribution in [0.5, 0.6) is 0 Å². The van der Waals surface area contributed by atoms with Gasteiger partial charge in [0, 0.05) is 38.8 Å². The molecule has 0 saturated carbocycles. The van der Waals surface area contributed by atoms with Crippen molar-refractivity contribution in [2.45, 2.75) is 98.6 Å². The molecule has 0 radical (unpaired) electrons. The van der Waals surface area contributed by atoms with Crippen LogP contribution in [0.4, 0.5) is 16.4 Å². The highest BCUT2D eigenvalue weighted by atomic mass is 35.5. The van der Waals surface area contributed by atoms with E-state index in [1.54, 1.807) is 9.47 Å². The Kier molecular flexibility index (Phi) is 9.41. The zero-order valence-electron chi connectivity index (χ0n) is 28.2. The summed E-state index contributed by atoms with van der Waals surface area (Å²) in [7, 11) is 0. The van der Waals surface area contributed by atoms with E-state index in [9.17, 15) is 9.59 Å². The number of fused-ring (bicyclic) bond motifs is 1. The molecule has 45 heavy (non-hydrogen) atoms. The standard InChI is InChI=1S/C35H49ClN6O3/c1-23(2)25-14-10-11-15-28(25)42-30-26(20-27(36)31(37-30)39-16-12-9-13-17-39)29(38-32(42)43)41-19-18-40(21-24(41)3)33(44)45-35(7,8)22-34(4,5)6/h10-11,14-15,20,23-24H,9,12-13,16-19,21-22H2,1-8H3/t24-/m0/s1. The Bertz CT molecular complexity index is 1610. The Morgan fingerprint density at radius 2 is 1.69 bits per heavy atom. The molecular formula is C35H49ClN6O3. The van der Waals surface area contributed by atoms with E-state index in [2.05, 4.69) is 50.5 Å². The molecule has 0 spiro atoms. The monoisotopic (exact) mass is 636 g/mol. The lowest BCUT2D eigenvalue weighted by Gasteiger charge is -2.42. The molecule has 1 aromatic carbocycles. The summed E-state index contributed by atoms with van der Waals surface area (Å²) in [6, 6.07) is 9.75. The summed E-state index contributed by atoms with van der Waals surface area (Å²) in [6.07, 6.45) is 3.79. The van der Waals surface area contributed by atoms with Gasteiger partial charge in [-0.1, -0.05) is 64.4 Å². The Morgan fingerprint density at radius 3 is 2.33 bits per heavy atom. The summed E-state index contributed by atoms with van der Waals surface area (Å²) >= 11 is 6.97. The van der Waals surface area contributed by atoms with Crippen LogP contribution in [0.2, 0.25) is 5.02 Å². The highest BCUT2D eigenvalue weighted by Gasteiger charge is 2.35. The molecule has 0 N–H and O–H groups in total. The number of piperazine rings is 1. The van der Waals surface area contributed by atoms with Crippen LogP contribution < -0.4 is 15.5 Å². The number of aromatic nitrogens is 3. The zero-order valence-corrected chi connectivity index (χ0v) is 28.9. The van der Waals surface area contributed by atoms with E-state index in [4.69, 9.17) is 26.3 Å². The van der Waals surface area contributed by atoms with Crippen LogP contribution in [0.15, 0.2) is 35.1 Å². The lowest BCUT2D eigenvalue weighted by atomic mass is 9.84. The number of anilines is 2. The average molecular weight is 637 g/mol. The molecule has 2 saturated heterocycles. The van der Waals surface area contributed by atoms with E-state index in [0.717, 1.165) is 43.6 Å². The molecule has 1 amide bonds. The molecule has 0 aliphatic carbocycles. The molecule has 2 aliphatic heterocycles. The van der Waals surface area contributed by atoms with Gasteiger partial charge in [0.2, 0.25) is 0 Å². The van der Waals surface area contributed by atoms with E-state index in [0.29, 0.717) is 47.3 Å². The number of nitrogens with zero attached hydrogens (tertiary/aromatic N) is 6. The first-order valence-corrected chi connectivity index (χ1v) is 16.7. The van der Waals surface area contributed by atoms with Crippen molar-refractivity contribution in [2.75, 3.05) is 42.5 Å². The molecule has 244 valence electrons. The van der Waals surface area contributed by atoms with Crippen molar-refractivity contribution in [3.05, 3.63) is 51.4 Å². The van der Waals surface area contributed by atoms with Gasteiger partial charge in [-0.25, -0.2) is 19.1 Å². The Labute approximate surface area is 272 Å². The van der Waals surface area contributed by atoms with Crippen molar-refractivity contribution >= 4 is 40.4 Å². The molecule has 2 aromatic heterocycles. The van der Waals surface area contributed by atoms with E-state index < -0.39 is 5.60 Å². The summed E-state index contributed by atoms with van der Waals surface area (Å²) in [4.78, 5) is 43.2. The molecular weight excluding hydrogens is 588 g/mol. The fraction of sp³-hybridized carbons (Fsp3) is 0.600. The number of amides is 1. The number of para-hydroxylation sites is 1. The molecule has 1 atom stereocenters. The minimum atomic E-state index is -0.585. The zero-order chi connectivity index (χ0) is 32.7. The molecule has 0 unspecified atom stereocenters. The molecule has 9 nitrogen and oxygen atoms in total. The number of benzene rings is 1. The molecule has 2 aliphatic rings. The maximum Gasteiger partial charge on any atom is 0.410 e. The summed E-state index contributed by atoms with van der Waals surface area (Å²) in [6.45, 7) is 19.8. The predicted octanol–water partition coefficient (Wildman–Crippen LogP) is 7.41. The van der Waals surface area contributed by atoms with Crippen molar-refractivity contribution in [3.63, 3.8) is 0 Å². The molecule has 3 aromatic rings. The Morgan fingerprint density at radius 1 is 1.00 bits per heavy atom. The van der Waals surface area contributed by atoms with Crippen LogP contribution in [-0.4, -0.2) is 69.9 Å². The number of halogens is 1. The first-order chi connectivity index (χ1) is 21.1. The van der Waals surface area contributed by atoms with Gasteiger partial charge in [-0.2, -0.15) is 4.98 Å². The van der Waals surface area contributed by atoms with E-state index >= 15 is 0 Å². The van der Waals surface area contributed by atoms with Crippen LogP contribution in [0.3, 0.4) is 0 Å². The van der Waals surface area contributed by atoms with Crippen LogP contribution in [-0.2, 0) is 4.74 Å². The van der Waals surface area contributed by atoms with E-state index in [-0.39, 0.29) is 29.2 Å². The third kappa shape index (κ3) is 7.24. The number of hydrogen-bond donors (Lipinski definition) is 0. The van der Waals surface area contributed by atoms with E-state index in [1.165, 1.54) is 6.42 Å². The van der Waals surface area contributed by atoms with E-state index in [1.807, 2.05) is 45.0 Å². The van der Waals surface area contributed by atoms with Crippen LogP contribution in [0, 0.1) is 5.41 Å². The van der Waals surface area contributed by atoms with Gasteiger partial charge in [0.05, 0.1) is 16.1 Å². The highest BCUT2D eigenvalue weighted by molar-refractivity contribution is 6.33. The largest absolute Gasteiger partial charge is 0.443 e. The molecule has 4 heterocycles. The number of carbonyl (C=O) groups is 1. The van der Waals surface area contributed by atoms with Crippen LogP contribution >= 0.6 is 11.6 Å². The number of pyridine rings is 1. The van der Waals surface area contributed by atoms with Crippen molar-refractivity contribution < 1.29 is 9.53 Å². The fourth-order valence-corrected chi connectivity index (χ4v) is 7.36. The van der Waals surface area contributed by atoms with Gasteiger partial charge < -0.3 is 19.4 Å². The Hall–Kier alpha value is -3.33. The van der Waals surface area contributed by atoms with Crippen molar-refractivity contribution in [1.82, 2.24) is 19.4 Å². The van der Waals surface area contributed by atoms with Gasteiger partial charge >= 0.3 is 11.8 Å². The van der Waals surface area contributed by atoms with Gasteiger partial charge in [-0.3, -0.25) is 0 Å². The molecule has 2 fully saturated rings. The first-order valence-electron chi connectivity index (χ1n) is 16.4. The third-order valence-electron chi connectivity index (χ3n) is 8.72. The van der Waals surface area contributed by atoms with Crippen molar-refractivity contribution in [3.8, 4) is 5.69 Å². The fourth-order valence-electron chi connectivity index (χ4n) is 7.09. The van der Waals surface area contributed by atoms with Crippen LogP contribution in [0.1, 0.15) is 92.6 Å². The summed E-state index contributed by atoms with van der Waals surface area (Å²) < 4.78 is 7.63. The minimum Gasteiger partial charge on any atom is -0.443 e. The minimum absolute atomic E-state index is 0.0293. The number of ether oxygens (including phenoxy) is 1. The third-order valence-corrected chi connectivity index (χ3v) is 8.99. The smallest absolute Gasteiger partial charge is 0.410 e. The second kappa shape index (κ2) is 12.8. The SMILES string of the molecule is CC(C)c1ccccc1-n1c(=O)nc(N2CCN(C(=O)OC(C)(C)CC(C)(C)C)C[C@@H]2C)c2cc(Cl)c(N3CCCCC3)nc21. The van der Waals surface area contributed by atoms with Gasteiger partial charge in [0.15, 0.2) is 5.65 Å². The molecule has 10 heteroatoms. The quantitative estimate of drug-likeness (QED) is 0.279. The second-order valence-electron chi connectivity index (χ2n) is 14.8. The second-order valence-corrected chi connectivity index (χ2v) is 15.2. The molecule has 0 bridgehead atoms. The van der Waals surface area contributed by atoms with Gasteiger partial charge in [0.25, 0.3) is 0 Å². The first kappa shape index (κ1) is 33.0.